The topological polar surface area (TPSA) is 46.3 Å². The molecule has 20 heavy (non-hydrogen) atoms. The van der Waals surface area contributed by atoms with Crippen LogP contribution in [-0.4, -0.2) is 29.9 Å². The van der Waals surface area contributed by atoms with E-state index >= 15 is 0 Å². The molecule has 3 atom stereocenters. The lowest BCUT2D eigenvalue weighted by molar-refractivity contribution is -0.129. The van der Waals surface area contributed by atoms with Crippen molar-refractivity contribution < 1.29 is 4.79 Å². The number of benzene rings is 1. The second-order valence-electron chi connectivity index (χ2n) is 6.57. The molecule has 0 radical (unpaired) electrons. The largest absolute Gasteiger partial charge is 0.342 e. The smallest absolute Gasteiger partial charge is 0.227 e. The Balaban J connectivity index is 1.67. The van der Waals surface area contributed by atoms with Crippen molar-refractivity contribution in [3.8, 4) is 0 Å². The van der Waals surface area contributed by atoms with Gasteiger partial charge in [0, 0.05) is 19.1 Å². The molecule has 3 nitrogen and oxygen atoms in total. The molecule has 2 N–H and O–H groups in total. The van der Waals surface area contributed by atoms with Crippen LogP contribution in [0.25, 0.3) is 0 Å². The van der Waals surface area contributed by atoms with Crippen molar-refractivity contribution in [1.29, 1.82) is 0 Å². The van der Waals surface area contributed by atoms with E-state index in [1.807, 2.05) is 4.90 Å². The molecule has 1 aliphatic heterocycles. The number of likely N-dealkylation sites (tertiary alicyclic amines) is 1. The van der Waals surface area contributed by atoms with Gasteiger partial charge in [-0.3, -0.25) is 4.79 Å². The van der Waals surface area contributed by atoms with E-state index in [9.17, 15) is 4.79 Å². The summed E-state index contributed by atoms with van der Waals surface area (Å²) in [5.74, 6) is 1.45. The van der Waals surface area contributed by atoms with Crippen molar-refractivity contribution in [2.24, 2.45) is 17.6 Å². The van der Waals surface area contributed by atoms with E-state index in [2.05, 4.69) is 32.0 Å². The molecular weight excluding hydrogens is 248 g/mol. The quantitative estimate of drug-likeness (QED) is 0.895. The number of rotatable bonds is 2. The van der Waals surface area contributed by atoms with Crippen molar-refractivity contribution in [2.45, 2.75) is 39.2 Å². The summed E-state index contributed by atoms with van der Waals surface area (Å²) in [4.78, 5) is 14.5. The van der Waals surface area contributed by atoms with Crippen LogP contribution in [0.3, 0.4) is 0 Å². The third-order valence-corrected chi connectivity index (χ3v) is 5.11. The van der Waals surface area contributed by atoms with Crippen molar-refractivity contribution in [2.75, 3.05) is 13.1 Å². The lowest BCUT2D eigenvalue weighted by Gasteiger charge is -2.19. The predicted octanol–water partition coefficient (Wildman–Crippen LogP) is 2.04. The highest BCUT2D eigenvalue weighted by atomic mass is 16.2. The van der Waals surface area contributed by atoms with Crippen molar-refractivity contribution >= 4 is 5.91 Å². The number of carbonyl (C=O) groups is 1. The summed E-state index contributed by atoms with van der Waals surface area (Å²) in [6, 6.07) is 6.64. The Morgan fingerprint density at radius 2 is 2.10 bits per heavy atom. The Morgan fingerprint density at radius 1 is 1.30 bits per heavy atom. The van der Waals surface area contributed by atoms with Gasteiger partial charge in [-0.2, -0.15) is 0 Å². The Labute approximate surface area is 121 Å². The molecule has 1 aliphatic carbocycles. The van der Waals surface area contributed by atoms with Gasteiger partial charge in [-0.05, 0) is 49.7 Å². The number of carbonyl (C=O) groups excluding carboxylic acids is 1. The van der Waals surface area contributed by atoms with Crippen molar-refractivity contribution in [1.82, 2.24) is 4.90 Å². The molecule has 1 heterocycles. The zero-order valence-electron chi connectivity index (χ0n) is 12.4. The summed E-state index contributed by atoms with van der Waals surface area (Å²) in [6.07, 6.45) is 2.86. The first-order valence-corrected chi connectivity index (χ1v) is 7.64. The number of amides is 1. The summed E-state index contributed by atoms with van der Waals surface area (Å²) in [5.41, 5.74) is 9.73. The van der Waals surface area contributed by atoms with Gasteiger partial charge in [0.05, 0.1) is 6.42 Å². The molecule has 0 aromatic heterocycles. The number of nitrogens with zero attached hydrogens (tertiary/aromatic N) is 1. The van der Waals surface area contributed by atoms with Gasteiger partial charge in [0.15, 0.2) is 0 Å². The number of nitrogens with two attached hydrogens (primary N) is 1. The van der Waals surface area contributed by atoms with Crippen LogP contribution in [-0.2, 0) is 11.2 Å². The van der Waals surface area contributed by atoms with Crippen molar-refractivity contribution in [3.63, 3.8) is 0 Å². The SMILES string of the molecule is Cc1ccc(C)c(CC(=O)N2CC3CCC(N)C3C2)c1. The third kappa shape index (κ3) is 2.47. The Kier molecular flexibility index (Phi) is 3.55. The van der Waals surface area contributed by atoms with Gasteiger partial charge in [0.25, 0.3) is 0 Å². The van der Waals surface area contributed by atoms with Crippen LogP contribution >= 0.6 is 0 Å². The van der Waals surface area contributed by atoms with Gasteiger partial charge >= 0.3 is 0 Å². The highest BCUT2D eigenvalue weighted by Gasteiger charge is 2.42. The van der Waals surface area contributed by atoms with E-state index in [1.54, 1.807) is 0 Å². The third-order valence-electron chi connectivity index (χ3n) is 5.11. The molecule has 1 saturated heterocycles. The van der Waals surface area contributed by atoms with E-state index in [4.69, 9.17) is 5.73 Å². The standard InChI is InChI=1S/C17H24N2O/c1-11-3-4-12(2)14(7-11)8-17(20)19-9-13-5-6-16(18)15(13)10-19/h3-4,7,13,15-16H,5-6,8-10,18H2,1-2H3. The number of hydrogen-bond donors (Lipinski definition) is 1. The molecule has 2 aliphatic rings. The summed E-state index contributed by atoms with van der Waals surface area (Å²) in [6.45, 7) is 5.95. The fourth-order valence-corrected chi connectivity index (χ4v) is 3.78. The highest BCUT2D eigenvalue weighted by Crippen LogP contribution is 2.37. The number of aryl methyl sites for hydroxylation is 2. The van der Waals surface area contributed by atoms with Gasteiger partial charge in [-0.15, -0.1) is 0 Å². The molecule has 3 rings (SSSR count). The van der Waals surface area contributed by atoms with E-state index in [0.29, 0.717) is 24.3 Å². The van der Waals surface area contributed by atoms with Crippen LogP contribution in [0, 0.1) is 25.7 Å². The average molecular weight is 272 g/mol. The molecule has 1 aromatic rings. The summed E-state index contributed by atoms with van der Waals surface area (Å²) >= 11 is 0. The maximum atomic E-state index is 12.5. The number of hydrogen-bond acceptors (Lipinski definition) is 2. The molecule has 108 valence electrons. The first kappa shape index (κ1) is 13.6. The van der Waals surface area contributed by atoms with E-state index < -0.39 is 0 Å². The van der Waals surface area contributed by atoms with Crippen LogP contribution in [0.5, 0.6) is 0 Å². The molecule has 1 amide bonds. The predicted molar refractivity (Wildman–Crippen MR) is 80.4 cm³/mol. The minimum Gasteiger partial charge on any atom is -0.342 e. The van der Waals surface area contributed by atoms with Gasteiger partial charge in [0.2, 0.25) is 5.91 Å². The van der Waals surface area contributed by atoms with Gasteiger partial charge in [0.1, 0.15) is 0 Å². The first-order chi connectivity index (χ1) is 9.54. The molecule has 0 bridgehead atoms. The van der Waals surface area contributed by atoms with E-state index in [-0.39, 0.29) is 5.91 Å². The first-order valence-electron chi connectivity index (χ1n) is 7.64. The van der Waals surface area contributed by atoms with Crippen molar-refractivity contribution in [3.05, 3.63) is 34.9 Å². The summed E-state index contributed by atoms with van der Waals surface area (Å²) in [5, 5.41) is 0. The fraction of sp³-hybridized carbons (Fsp3) is 0.588. The Bertz CT molecular complexity index is 526. The highest BCUT2D eigenvalue weighted by molar-refractivity contribution is 5.79. The molecule has 1 aromatic carbocycles. The fourth-order valence-electron chi connectivity index (χ4n) is 3.78. The molecular formula is C17H24N2O. The molecule has 2 fully saturated rings. The average Bonchev–Trinajstić information content (AvgIpc) is 2.97. The van der Waals surface area contributed by atoms with Crippen LogP contribution < -0.4 is 5.73 Å². The number of fused-ring (bicyclic) bond motifs is 1. The van der Waals surface area contributed by atoms with Crippen LogP contribution in [0.4, 0.5) is 0 Å². The van der Waals surface area contributed by atoms with Crippen LogP contribution in [0.15, 0.2) is 18.2 Å². The second kappa shape index (κ2) is 5.21. The molecule has 1 saturated carbocycles. The Hall–Kier alpha value is -1.35. The summed E-state index contributed by atoms with van der Waals surface area (Å²) < 4.78 is 0. The second-order valence-corrected chi connectivity index (χ2v) is 6.57. The van der Waals surface area contributed by atoms with Gasteiger partial charge in [-0.1, -0.05) is 23.8 Å². The molecule has 3 unspecified atom stereocenters. The maximum absolute atomic E-state index is 12.5. The van der Waals surface area contributed by atoms with Crippen LogP contribution in [0.2, 0.25) is 0 Å². The minimum atomic E-state index is 0.264. The normalized spacial score (nSPS) is 28.8. The monoisotopic (exact) mass is 272 g/mol. The van der Waals surface area contributed by atoms with Crippen LogP contribution in [0.1, 0.15) is 29.5 Å². The van der Waals surface area contributed by atoms with E-state index in [1.165, 1.54) is 17.5 Å². The Morgan fingerprint density at radius 3 is 2.85 bits per heavy atom. The molecule has 0 spiro atoms. The lowest BCUT2D eigenvalue weighted by atomic mass is 9.98. The zero-order valence-corrected chi connectivity index (χ0v) is 12.4. The van der Waals surface area contributed by atoms with E-state index in [0.717, 1.165) is 25.1 Å². The molecule has 3 heteroatoms. The minimum absolute atomic E-state index is 0.264. The van der Waals surface area contributed by atoms with Gasteiger partial charge in [-0.25, -0.2) is 0 Å². The van der Waals surface area contributed by atoms with Gasteiger partial charge < -0.3 is 10.6 Å². The lowest BCUT2D eigenvalue weighted by Crippen LogP contribution is -2.34. The summed E-state index contributed by atoms with van der Waals surface area (Å²) in [7, 11) is 0. The maximum Gasteiger partial charge on any atom is 0.227 e. The zero-order chi connectivity index (χ0) is 14.3.